The Morgan fingerprint density at radius 3 is 2.90 bits per heavy atom. The molecule has 0 saturated heterocycles. The Labute approximate surface area is 178 Å². The first kappa shape index (κ1) is 20.0. The fraction of sp³-hybridized carbons (Fsp3) is 0.130. The van der Waals surface area contributed by atoms with Gasteiger partial charge in [-0.2, -0.15) is 5.26 Å². The van der Waals surface area contributed by atoms with E-state index in [1.807, 2.05) is 6.07 Å². The van der Waals surface area contributed by atoms with E-state index in [1.54, 1.807) is 31.3 Å². The molecule has 0 saturated carbocycles. The second-order valence-corrected chi connectivity index (χ2v) is 6.97. The van der Waals surface area contributed by atoms with Crippen molar-refractivity contribution in [1.29, 1.82) is 5.26 Å². The third kappa shape index (κ3) is 3.81. The highest BCUT2D eigenvalue weighted by Crippen LogP contribution is 2.35. The van der Waals surface area contributed by atoms with E-state index in [9.17, 15) is 9.65 Å². The lowest BCUT2D eigenvalue weighted by atomic mass is 9.96. The van der Waals surface area contributed by atoms with Crippen LogP contribution in [0, 0.1) is 17.1 Å². The maximum atomic E-state index is 14.1. The van der Waals surface area contributed by atoms with Crippen molar-refractivity contribution in [2.45, 2.75) is 19.6 Å². The van der Waals surface area contributed by atoms with E-state index >= 15 is 0 Å². The standard InChI is InChI=1S/C23H19FN6O/c1-13-19-8-17(24)4-5-18(19)22-14(3-2-6-28-22)11-29-21(16(9-25)10-26)15-7-20(31-13)23(27)30-12-15/h2-9,12-13H,11,25H2,1H3,(H2,27,30). The number of allylic oxidation sites excluding steroid dienone is 1. The molecule has 3 aromatic rings. The topological polar surface area (TPSA) is 123 Å². The van der Waals surface area contributed by atoms with Crippen molar-refractivity contribution in [3.05, 3.63) is 83.1 Å². The number of nitrogens with zero attached hydrogens (tertiary/aromatic N) is 4. The molecule has 1 aliphatic rings. The molecule has 1 atom stereocenters. The van der Waals surface area contributed by atoms with Gasteiger partial charge in [-0.25, -0.2) is 9.37 Å². The summed E-state index contributed by atoms with van der Waals surface area (Å²) in [7, 11) is 0. The van der Waals surface area contributed by atoms with Crippen molar-refractivity contribution in [2.24, 2.45) is 10.7 Å². The van der Waals surface area contributed by atoms with Gasteiger partial charge in [0, 0.05) is 35.3 Å². The van der Waals surface area contributed by atoms with Gasteiger partial charge in [-0.3, -0.25) is 9.98 Å². The van der Waals surface area contributed by atoms with Crippen LogP contribution in [0.2, 0.25) is 0 Å². The first-order valence-electron chi connectivity index (χ1n) is 9.55. The van der Waals surface area contributed by atoms with Crippen LogP contribution in [0.15, 0.2) is 65.6 Å². The molecule has 2 bridgehead atoms. The number of hydrogen-bond donors (Lipinski definition) is 2. The van der Waals surface area contributed by atoms with E-state index in [2.05, 4.69) is 21.0 Å². The molecule has 0 radical (unpaired) electrons. The molecular weight excluding hydrogens is 395 g/mol. The Bertz CT molecular complexity index is 1260. The maximum absolute atomic E-state index is 14.1. The summed E-state index contributed by atoms with van der Waals surface area (Å²) in [6.45, 7) is 2.03. The number of hydrogen-bond acceptors (Lipinski definition) is 7. The highest BCUT2D eigenvalue weighted by Gasteiger charge is 2.21. The Hall–Kier alpha value is -4.25. The molecular formula is C23H19FN6O. The Morgan fingerprint density at radius 2 is 2.13 bits per heavy atom. The molecule has 0 amide bonds. The second kappa shape index (κ2) is 8.24. The number of benzene rings is 1. The number of aliphatic imine (C=N–C) groups is 1. The van der Waals surface area contributed by atoms with Crippen molar-refractivity contribution in [1.82, 2.24) is 9.97 Å². The summed E-state index contributed by atoms with van der Waals surface area (Å²) in [5.74, 6) is 0.0773. The number of nitrogens with two attached hydrogens (primary N) is 2. The molecule has 1 unspecified atom stereocenters. The fourth-order valence-corrected chi connectivity index (χ4v) is 3.49. The summed E-state index contributed by atoms with van der Waals surface area (Å²) in [6, 6.07) is 11.9. The van der Waals surface area contributed by atoms with Gasteiger partial charge in [0.05, 0.1) is 23.5 Å². The van der Waals surface area contributed by atoms with Crippen LogP contribution in [0.4, 0.5) is 10.2 Å². The van der Waals surface area contributed by atoms with Gasteiger partial charge in [0.2, 0.25) is 0 Å². The summed E-state index contributed by atoms with van der Waals surface area (Å²) in [5.41, 5.74) is 15.6. The Morgan fingerprint density at radius 1 is 1.29 bits per heavy atom. The van der Waals surface area contributed by atoms with E-state index in [-0.39, 0.29) is 23.8 Å². The normalized spacial score (nSPS) is 15.8. The molecule has 154 valence electrons. The van der Waals surface area contributed by atoms with Crippen molar-refractivity contribution in [3.63, 3.8) is 0 Å². The molecule has 8 heteroatoms. The maximum Gasteiger partial charge on any atom is 0.166 e. The molecule has 0 aliphatic carbocycles. The molecule has 4 N–H and O–H groups in total. The zero-order chi connectivity index (χ0) is 22.0. The van der Waals surface area contributed by atoms with Crippen LogP contribution in [-0.4, -0.2) is 15.7 Å². The van der Waals surface area contributed by atoms with Gasteiger partial charge in [-0.1, -0.05) is 6.07 Å². The summed E-state index contributed by atoms with van der Waals surface area (Å²) >= 11 is 0. The van der Waals surface area contributed by atoms with E-state index in [0.29, 0.717) is 28.3 Å². The van der Waals surface area contributed by atoms with Gasteiger partial charge in [0.1, 0.15) is 18.0 Å². The predicted molar refractivity (Wildman–Crippen MR) is 115 cm³/mol. The molecule has 2 aromatic heterocycles. The quantitative estimate of drug-likeness (QED) is 0.586. The van der Waals surface area contributed by atoms with Gasteiger partial charge in [-0.15, -0.1) is 0 Å². The van der Waals surface area contributed by atoms with Gasteiger partial charge >= 0.3 is 0 Å². The van der Waals surface area contributed by atoms with Crippen LogP contribution < -0.4 is 16.2 Å². The number of fused-ring (bicyclic) bond motifs is 5. The van der Waals surface area contributed by atoms with Gasteiger partial charge in [0.25, 0.3) is 0 Å². The molecule has 1 aliphatic heterocycles. The van der Waals surface area contributed by atoms with Crippen molar-refractivity contribution in [3.8, 4) is 23.1 Å². The number of anilines is 1. The summed E-state index contributed by atoms with van der Waals surface area (Å²) in [6.07, 6.45) is 3.82. The number of rotatable bonds is 1. The van der Waals surface area contributed by atoms with Crippen LogP contribution in [0.25, 0.3) is 11.3 Å². The lowest BCUT2D eigenvalue weighted by Gasteiger charge is -2.21. The smallest absolute Gasteiger partial charge is 0.166 e. The van der Waals surface area contributed by atoms with E-state index in [4.69, 9.17) is 16.2 Å². The van der Waals surface area contributed by atoms with Gasteiger partial charge < -0.3 is 16.2 Å². The summed E-state index contributed by atoms with van der Waals surface area (Å²) in [4.78, 5) is 13.4. The molecule has 7 nitrogen and oxygen atoms in total. The molecule has 0 spiro atoms. The van der Waals surface area contributed by atoms with E-state index in [0.717, 1.165) is 11.1 Å². The lowest BCUT2D eigenvalue weighted by Crippen LogP contribution is -2.13. The lowest BCUT2D eigenvalue weighted by molar-refractivity contribution is 0.227. The van der Waals surface area contributed by atoms with Crippen LogP contribution >= 0.6 is 0 Å². The fourth-order valence-electron chi connectivity index (χ4n) is 3.49. The average molecular weight is 414 g/mol. The first-order chi connectivity index (χ1) is 15.0. The van der Waals surface area contributed by atoms with Crippen LogP contribution in [0.5, 0.6) is 5.75 Å². The zero-order valence-electron chi connectivity index (χ0n) is 16.7. The third-order valence-corrected chi connectivity index (χ3v) is 5.01. The molecule has 3 heterocycles. The van der Waals surface area contributed by atoms with Gasteiger partial charge in [-0.05, 0) is 42.8 Å². The Kier molecular flexibility index (Phi) is 5.33. The largest absolute Gasteiger partial charge is 0.482 e. The van der Waals surface area contributed by atoms with E-state index < -0.39 is 6.10 Å². The average Bonchev–Trinajstić information content (AvgIpc) is 2.78. The second-order valence-electron chi connectivity index (χ2n) is 6.97. The predicted octanol–water partition coefficient (Wildman–Crippen LogP) is 3.67. The van der Waals surface area contributed by atoms with Crippen molar-refractivity contribution < 1.29 is 9.13 Å². The minimum atomic E-state index is -0.555. The van der Waals surface area contributed by atoms with Crippen molar-refractivity contribution >= 4 is 11.5 Å². The zero-order valence-corrected chi connectivity index (χ0v) is 16.7. The molecule has 31 heavy (non-hydrogen) atoms. The number of aromatic nitrogens is 2. The van der Waals surface area contributed by atoms with E-state index in [1.165, 1.54) is 24.5 Å². The summed E-state index contributed by atoms with van der Waals surface area (Å²) in [5, 5.41) is 9.54. The SMILES string of the molecule is CC1Oc2cc(cnc2N)C(C(C#N)=CN)=NCc2cccnc2-c2ccc(F)cc21. The van der Waals surface area contributed by atoms with Crippen LogP contribution in [0.3, 0.4) is 0 Å². The molecule has 1 aromatic carbocycles. The molecule has 4 rings (SSSR count). The van der Waals surface area contributed by atoms with Crippen molar-refractivity contribution in [2.75, 3.05) is 5.73 Å². The minimum Gasteiger partial charge on any atom is -0.482 e. The van der Waals surface area contributed by atoms with Crippen LogP contribution in [-0.2, 0) is 6.54 Å². The highest BCUT2D eigenvalue weighted by molar-refractivity contribution is 6.15. The monoisotopic (exact) mass is 414 g/mol. The number of ether oxygens (including phenoxy) is 1. The minimum absolute atomic E-state index is 0.165. The van der Waals surface area contributed by atoms with Crippen LogP contribution in [0.1, 0.15) is 29.7 Å². The first-order valence-corrected chi connectivity index (χ1v) is 9.55. The summed E-state index contributed by atoms with van der Waals surface area (Å²) < 4.78 is 20.2. The number of pyridine rings is 2. The molecule has 0 fully saturated rings. The van der Waals surface area contributed by atoms with Gasteiger partial charge in [0.15, 0.2) is 11.6 Å². The number of nitriles is 1. The number of nitrogen functional groups attached to an aromatic ring is 1. The number of halogens is 1. The third-order valence-electron chi connectivity index (χ3n) is 5.01. The Balaban J connectivity index is 2.01. The highest BCUT2D eigenvalue weighted by atomic mass is 19.1.